The SMILES string of the molecule is COC(=O)c1ccc(N)c(NCc2nc(C)no2)n1. The van der Waals surface area contributed by atoms with Gasteiger partial charge in [-0.1, -0.05) is 5.16 Å². The van der Waals surface area contributed by atoms with E-state index >= 15 is 0 Å². The molecule has 0 saturated heterocycles. The van der Waals surface area contributed by atoms with Crippen LogP contribution in [-0.4, -0.2) is 28.2 Å². The third-order valence-corrected chi connectivity index (χ3v) is 2.30. The van der Waals surface area contributed by atoms with Crippen molar-refractivity contribution >= 4 is 17.5 Å². The molecule has 0 aliphatic heterocycles. The Kier molecular flexibility index (Phi) is 3.60. The molecule has 8 nitrogen and oxygen atoms in total. The van der Waals surface area contributed by atoms with Crippen LogP contribution in [0.1, 0.15) is 22.2 Å². The number of nitrogens with one attached hydrogen (secondary N) is 1. The number of hydrogen-bond acceptors (Lipinski definition) is 8. The minimum absolute atomic E-state index is 0.168. The normalized spacial score (nSPS) is 10.2. The van der Waals surface area contributed by atoms with Crippen LogP contribution in [0.5, 0.6) is 0 Å². The predicted octanol–water partition coefficient (Wildman–Crippen LogP) is 0.754. The number of ether oxygens (including phenoxy) is 1. The van der Waals surface area contributed by atoms with Crippen molar-refractivity contribution in [2.24, 2.45) is 0 Å². The van der Waals surface area contributed by atoms with Crippen LogP contribution in [0.3, 0.4) is 0 Å². The van der Waals surface area contributed by atoms with Crippen molar-refractivity contribution in [2.45, 2.75) is 13.5 Å². The molecule has 0 aromatic carbocycles. The fourth-order valence-corrected chi connectivity index (χ4v) is 1.40. The minimum atomic E-state index is -0.531. The van der Waals surface area contributed by atoms with E-state index in [0.717, 1.165) is 0 Å². The second-order valence-electron chi connectivity index (χ2n) is 3.71. The maximum absolute atomic E-state index is 11.4. The van der Waals surface area contributed by atoms with Gasteiger partial charge < -0.3 is 20.3 Å². The van der Waals surface area contributed by atoms with Crippen LogP contribution in [0.25, 0.3) is 0 Å². The molecule has 0 unspecified atom stereocenters. The second-order valence-corrected chi connectivity index (χ2v) is 3.71. The first-order valence-electron chi connectivity index (χ1n) is 5.48. The van der Waals surface area contributed by atoms with Crippen molar-refractivity contribution in [3.05, 3.63) is 29.5 Å². The number of aryl methyl sites for hydroxylation is 1. The number of carbonyl (C=O) groups excluding carboxylic acids is 1. The second kappa shape index (κ2) is 5.34. The molecule has 0 amide bonds. The number of rotatable bonds is 4. The van der Waals surface area contributed by atoms with E-state index in [1.807, 2.05) is 0 Å². The topological polar surface area (TPSA) is 116 Å². The van der Waals surface area contributed by atoms with Gasteiger partial charge in [-0.15, -0.1) is 0 Å². The highest BCUT2D eigenvalue weighted by molar-refractivity contribution is 5.88. The molecule has 2 rings (SSSR count). The number of pyridine rings is 1. The minimum Gasteiger partial charge on any atom is -0.464 e. The highest BCUT2D eigenvalue weighted by Crippen LogP contribution is 2.17. The predicted molar refractivity (Wildman–Crippen MR) is 66.4 cm³/mol. The van der Waals surface area contributed by atoms with Gasteiger partial charge in [0.2, 0.25) is 5.89 Å². The van der Waals surface area contributed by atoms with E-state index < -0.39 is 5.97 Å². The summed E-state index contributed by atoms with van der Waals surface area (Å²) < 4.78 is 9.53. The monoisotopic (exact) mass is 263 g/mol. The van der Waals surface area contributed by atoms with Crippen LogP contribution in [0.15, 0.2) is 16.7 Å². The van der Waals surface area contributed by atoms with Crippen LogP contribution in [-0.2, 0) is 11.3 Å². The van der Waals surface area contributed by atoms with Crippen LogP contribution in [0, 0.1) is 6.92 Å². The van der Waals surface area contributed by atoms with Gasteiger partial charge in [0.25, 0.3) is 0 Å². The third-order valence-electron chi connectivity index (χ3n) is 2.30. The van der Waals surface area contributed by atoms with Crippen molar-refractivity contribution in [3.63, 3.8) is 0 Å². The summed E-state index contributed by atoms with van der Waals surface area (Å²) in [6, 6.07) is 3.06. The zero-order chi connectivity index (χ0) is 13.8. The van der Waals surface area contributed by atoms with Crippen molar-refractivity contribution in [1.82, 2.24) is 15.1 Å². The Hall–Kier alpha value is -2.64. The van der Waals surface area contributed by atoms with E-state index in [9.17, 15) is 4.79 Å². The molecule has 100 valence electrons. The van der Waals surface area contributed by atoms with E-state index in [-0.39, 0.29) is 12.2 Å². The fraction of sp³-hybridized carbons (Fsp3) is 0.273. The number of anilines is 2. The average molecular weight is 263 g/mol. The van der Waals surface area contributed by atoms with Crippen molar-refractivity contribution in [1.29, 1.82) is 0 Å². The molecule has 2 heterocycles. The summed E-state index contributed by atoms with van der Waals surface area (Å²) in [6.45, 7) is 1.99. The first-order valence-corrected chi connectivity index (χ1v) is 5.48. The molecule has 0 aliphatic carbocycles. The zero-order valence-corrected chi connectivity index (χ0v) is 10.5. The number of methoxy groups -OCH3 is 1. The number of hydrogen-bond donors (Lipinski definition) is 2. The standard InChI is InChI=1S/C11H13N5O3/c1-6-14-9(19-16-6)5-13-10-7(12)3-4-8(15-10)11(17)18-2/h3-4H,5,12H2,1-2H3,(H,13,15). The summed E-state index contributed by atoms with van der Waals surface area (Å²) in [5.74, 6) is 0.777. The van der Waals surface area contributed by atoms with E-state index in [4.69, 9.17) is 10.3 Å². The van der Waals surface area contributed by atoms with Gasteiger partial charge in [-0.3, -0.25) is 0 Å². The molecule has 19 heavy (non-hydrogen) atoms. The number of esters is 1. The van der Waals surface area contributed by atoms with E-state index in [0.29, 0.717) is 23.2 Å². The molecule has 0 spiro atoms. The summed E-state index contributed by atoms with van der Waals surface area (Å²) in [7, 11) is 1.29. The molecule has 2 aromatic heterocycles. The first-order chi connectivity index (χ1) is 9.10. The largest absolute Gasteiger partial charge is 0.464 e. The molecule has 0 bridgehead atoms. The number of carbonyl (C=O) groups is 1. The number of nitrogens with zero attached hydrogens (tertiary/aromatic N) is 3. The summed E-state index contributed by atoms with van der Waals surface area (Å²) >= 11 is 0. The third kappa shape index (κ3) is 2.97. The zero-order valence-electron chi connectivity index (χ0n) is 10.5. The summed E-state index contributed by atoms with van der Waals surface area (Å²) in [4.78, 5) is 19.5. The van der Waals surface area contributed by atoms with Gasteiger partial charge in [-0.2, -0.15) is 4.98 Å². The van der Waals surface area contributed by atoms with Crippen LogP contribution < -0.4 is 11.1 Å². The van der Waals surface area contributed by atoms with Gasteiger partial charge in [0.1, 0.15) is 0 Å². The van der Waals surface area contributed by atoms with Gasteiger partial charge in [-0.25, -0.2) is 9.78 Å². The Morgan fingerprint density at radius 2 is 2.26 bits per heavy atom. The highest BCUT2D eigenvalue weighted by Gasteiger charge is 2.11. The molecule has 0 fully saturated rings. The summed E-state index contributed by atoms with van der Waals surface area (Å²) in [5.41, 5.74) is 6.33. The number of aromatic nitrogens is 3. The Morgan fingerprint density at radius 1 is 1.47 bits per heavy atom. The van der Waals surface area contributed by atoms with Crippen molar-refractivity contribution < 1.29 is 14.1 Å². The first kappa shape index (κ1) is 12.8. The molecule has 2 aromatic rings. The number of nitrogen functional groups attached to an aromatic ring is 1. The average Bonchev–Trinajstić information content (AvgIpc) is 2.82. The molecule has 8 heteroatoms. The molecular formula is C11H13N5O3. The van der Waals surface area contributed by atoms with Gasteiger partial charge >= 0.3 is 5.97 Å². The maximum Gasteiger partial charge on any atom is 0.356 e. The lowest BCUT2D eigenvalue weighted by molar-refractivity contribution is 0.0594. The van der Waals surface area contributed by atoms with E-state index in [1.54, 1.807) is 13.0 Å². The Morgan fingerprint density at radius 3 is 2.89 bits per heavy atom. The van der Waals surface area contributed by atoms with E-state index in [2.05, 4.69) is 25.2 Å². The molecule has 3 N–H and O–H groups in total. The molecule has 0 aliphatic rings. The van der Waals surface area contributed by atoms with Crippen molar-refractivity contribution in [2.75, 3.05) is 18.2 Å². The maximum atomic E-state index is 11.4. The van der Waals surface area contributed by atoms with Gasteiger partial charge in [-0.05, 0) is 19.1 Å². The molecule has 0 saturated carbocycles. The highest BCUT2D eigenvalue weighted by atomic mass is 16.5. The quantitative estimate of drug-likeness (QED) is 0.776. The lowest BCUT2D eigenvalue weighted by Crippen LogP contribution is -2.10. The molecule has 0 radical (unpaired) electrons. The number of nitrogens with two attached hydrogens (primary N) is 1. The Balaban J connectivity index is 2.12. The fourth-order valence-electron chi connectivity index (χ4n) is 1.40. The van der Waals surface area contributed by atoms with E-state index in [1.165, 1.54) is 13.2 Å². The smallest absolute Gasteiger partial charge is 0.356 e. The van der Waals surface area contributed by atoms with Crippen LogP contribution in [0.2, 0.25) is 0 Å². The molecule has 0 atom stereocenters. The Labute approximate surface area is 109 Å². The van der Waals surface area contributed by atoms with Crippen LogP contribution in [0.4, 0.5) is 11.5 Å². The van der Waals surface area contributed by atoms with Crippen molar-refractivity contribution in [3.8, 4) is 0 Å². The summed E-state index contributed by atoms with van der Waals surface area (Å²) in [5, 5.41) is 6.58. The lowest BCUT2D eigenvalue weighted by Gasteiger charge is -2.07. The van der Waals surface area contributed by atoms with Gasteiger partial charge in [0.15, 0.2) is 17.3 Å². The summed E-state index contributed by atoms with van der Waals surface area (Å²) in [6.07, 6.45) is 0. The Bertz CT molecular complexity index is 596. The molecular weight excluding hydrogens is 250 g/mol. The lowest BCUT2D eigenvalue weighted by atomic mass is 10.3. The van der Waals surface area contributed by atoms with Gasteiger partial charge in [0, 0.05) is 0 Å². The van der Waals surface area contributed by atoms with Crippen LogP contribution >= 0.6 is 0 Å². The van der Waals surface area contributed by atoms with Gasteiger partial charge in [0.05, 0.1) is 19.3 Å².